The van der Waals surface area contributed by atoms with Crippen LogP contribution in [0.3, 0.4) is 0 Å². The standard InChI is InChI=1S/C8H10O3S2/c1-2-11-7-3-5-8(6-4-7)13(9,10)12/h3-6H,2H2,1H3,(H,9,10,12). The summed E-state index contributed by atoms with van der Waals surface area (Å²) in [6.07, 6.45) is 0. The Morgan fingerprint density at radius 2 is 2.00 bits per heavy atom. The summed E-state index contributed by atoms with van der Waals surface area (Å²) in [4.78, 5) is 0.242. The second kappa shape index (κ2) is 4.04. The molecule has 1 aromatic rings. The number of rotatable bonds is 3. The van der Waals surface area contributed by atoms with Gasteiger partial charge in [-0.2, -0.15) is 0 Å². The maximum absolute atomic E-state index is 11.0. The van der Waals surface area contributed by atoms with Gasteiger partial charge in [-0.1, -0.05) is 0 Å². The fourth-order valence-corrected chi connectivity index (χ4v) is 1.69. The average molecular weight is 218 g/mol. The smallest absolute Gasteiger partial charge is 0.171 e. The van der Waals surface area contributed by atoms with Gasteiger partial charge in [-0.05, 0) is 31.2 Å². The summed E-state index contributed by atoms with van der Waals surface area (Å²) in [5, 5.41) is 0. The van der Waals surface area contributed by atoms with Crippen LogP contribution in [-0.2, 0) is 20.0 Å². The Labute approximate surface area is 82.2 Å². The lowest BCUT2D eigenvalue weighted by atomic mass is 10.3. The largest absolute Gasteiger partial charge is 0.494 e. The van der Waals surface area contributed by atoms with E-state index >= 15 is 0 Å². The lowest BCUT2D eigenvalue weighted by Gasteiger charge is -2.03. The lowest BCUT2D eigenvalue weighted by molar-refractivity contribution is 0.340. The summed E-state index contributed by atoms with van der Waals surface area (Å²) < 4.78 is 25.2. The molecule has 0 heterocycles. The van der Waals surface area contributed by atoms with Crippen molar-refractivity contribution in [3.63, 3.8) is 0 Å². The summed E-state index contributed by atoms with van der Waals surface area (Å²) in [5.41, 5.74) is 0. The summed E-state index contributed by atoms with van der Waals surface area (Å²) in [5.74, 6) is 0.671. The average Bonchev–Trinajstić information content (AvgIpc) is 2.04. The van der Waals surface area contributed by atoms with Gasteiger partial charge in [0, 0.05) is 11.2 Å². The second-order valence-corrected chi connectivity index (χ2v) is 5.16. The van der Waals surface area contributed by atoms with Crippen LogP contribution in [0, 0.1) is 0 Å². The van der Waals surface area contributed by atoms with Gasteiger partial charge in [-0.25, -0.2) is 4.21 Å². The predicted octanol–water partition coefficient (Wildman–Crippen LogP) is 1.66. The topological polar surface area (TPSA) is 46.5 Å². The first-order valence-corrected chi connectivity index (χ1v) is 6.18. The van der Waals surface area contributed by atoms with E-state index in [4.69, 9.17) is 9.29 Å². The summed E-state index contributed by atoms with van der Waals surface area (Å²) >= 11 is 4.40. The van der Waals surface area contributed by atoms with E-state index in [0.717, 1.165) is 0 Å². The highest BCUT2D eigenvalue weighted by Gasteiger charge is 2.04. The molecule has 1 rings (SSSR count). The quantitative estimate of drug-likeness (QED) is 0.838. The van der Waals surface area contributed by atoms with E-state index in [-0.39, 0.29) is 4.90 Å². The Morgan fingerprint density at radius 3 is 2.38 bits per heavy atom. The molecular formula is C8H10O3S2. The van der Waals surface area contributed by atoms with E-state index in [1.807, 2.05) is 6.92 Å². The molecule has 5 heteroatoms. The third-order valence-corrected chi connectivity index (χ3v) is 2.88. The van der Waals surface area contributed by atoms with Crippen LogP contribution in [0.4, 0.5) is 0 Å². The number of ether oxygens (including phenoxy) is 1. The molecular weight excluding hydrogens is 208 g/mol. The molecule has 1 aromatic carbocycles. The fraction of sp³-hybridized carbons (Fsp3) is 0.250. The molecule has 3 nitrogen and oxygen atoms in total. The Bertz CT molecular complexity index is 367. The zero-order valence-electron chi connectivity index (χ0n) is 7.10. The molecule has 72 valence electrons. The predicted molar refractivity (Wildman–Crippen MR) is 54.0 cm³/mol. The first kappa shape index (κ1) is 10.4. The van der Waals surface area contributed by atoms with E-state index in [1.54, 1.807) is 12.1 Å². The molecule has 0 aliphatic carbocycles. The Balaban J connectivity index is 2.94. The van der Waals surface area contributed by atoms with Crippen LogP contribution in [-0.4, -0.2) is 15.4 Å². The highest BCUT2D eigenvalue weighted by Crippen LogP contribution is 2.15. The molecule has 1 N–H and O–H groups in total. The van der Waals surface area contributed by atoms with Gasteiger partial charge in [0.1, 0.15) is 5.75 Å². The van der Waals surface area contributed by atoms with Crippen LogP contribution in [0.5, 0.6) is 5.75 Å². The molecule has 0 aliphatic rings. The van der Waals surface area contributed by atoms with Gasteiger partial charge < -0.3 is 9.29 Å². The van der Waals surface area contributed by atoms with Crippen molar-refractivity contribution in [1.29, 1.82) is 0 Å². The first-order chi connectivity index (χ1) is 6.04. The molecule has 1 atom stereocenters. The minimum Gasteiger partial charge on any atom is -0.494 e. The molecule has 0 aromatic heterocycles. The van der Waals surface area contributed by atoms with E-state index in [1.165, 1.54) is 12.1 Å². The molecule has 1 unspecified atom stereocenters. The number of hydrogen-bond acceptors (Lipinski definition) is 3. The molecule has 0 aliphatic heterocycles. The van der Waals surface area contributed by atoms with Crippen molar-refractivity contribution >= 4 is 20.0 Å². The van der Waals surface area contributed by atoms with Gasteiger partial charge in [-0.3, -0.25) is 0 Å². The highest BCUT2D eigenvalue weighted by atomic mass is 32.8. The zero-order valence-corrected chi connectivity index (χ0v) is 8.73. The van der Waals surface area contributed by atoms with Crippen molar-refractivity contribution < 1.29 is 13.5 Å². The van der Waals surface area contributed by atoms with Crippen molar-refractivity contribution in [3.05, 3.63) is 24.3 Å². The van der Waals surface area contributed by atoms with E-state index in [2.05, 4.69) is 11.2 Å². The molecule has 0 amide bonds. The monoisotopic (exact) mass is 218 g/mol. The SMILES string of the molecule is CCOc1ccc(S(=O)(O)=S)cc1. The van der Waals surface area contributed by atoms with Gasteiger partial charge in [0.05, 0.1) is 11.5 Å². The molecule has 0 fully saturated rings. The van der Waals surface area contributed by atoms with E-state index in [9.17, 15) is 4.21 Å². The van der Waals surface area contributed by atoms with Crippen LogP contribution in [0.15, 0.2) is 29.2 Å². The first-order valence-electron chi connectivity index (χ1n) is 3.74. The van der Waals surface area contributed by atoms with Crippen molar-refractivity contribution in [2.24, 2.45) is 0 Å². The molecule has 0 bridgehead atoms. The zero-order chi connectivity index (χ0) is 9.90. The third-order valence-electron chi connectivity index (χ3n) is 1.43. The highest BCUT2D eigenvalue weighted by molar-refractivity contribution is 8.29. The Morgan fingerprint density at radius 1 is 1.46 bits per heavy atom. The summed E-state index contributed by atoms with van der Waals surface area (Å²) in [7, 11) is -3.26. The van der Waals surface area contributed by atoms with Crippen molar-refractivity contribution in [2.45, 2.75) is 11.8 Å². The maximum atomic E-state index is 11.0. The third kappa shape index (κ3) is 2.95. The number of hydrogen-bond donors (Lipinski definition) is 1. The van der Waals surface area contributed by atoms with Gasteiger partial charge in [0.2, 0.25) is 0 Å². The summed E-state index contributed by atoms with van der Waals surface area (Å²) in [6.45, 7) is 2.44. The van der Waals surface area contributed by atoms with Crippen LogP contribution in [0.25, 0.3) is 0 Å². The molecule has 13 heavy (non-hydrogen) atoms. The molecule has 0 saturated carbocycles. The maximum Gasteiger partial charge on any atom is 0.171 e. The van der Waals surface area contributed by atoms with Gasteiger partial charge in [-0.15, -0.1) is 0 Å². The summed E-state index contributed by atoms with van der Waals surface area (Å²) in [6, 6.07) is 6.25. The van der Waals surface area contributed by atoms with E-state index < -0.39 is 8.77 Å². The van der Waals surface area contributed by atoms with E-state index in [0.29, 0.717) is 12.4 Å². The van der Waals surface area contributed by atoms with Gasteiger partial charge in [0.15, 0.2) is 8.77 Å². The van der Waals surface area contributed by atoms with Crippen LogP contribution in [0.2, 0.25) is 0 Å². The van der Waals surface area contributed by atoms with Crippen molar-refractivity contribution in [3.8, 4) is 5.75 Å². The molecule has 0 radical (unpaired) electrons. The Hall–Kier alpha value is -0.650. The molecule has 0 saturated heterocycles. The van der Waals surface area contributed by atoms with Gasteiger partial charge in [0.25, 0.3) is 0 Å². The van der Waals surface area contributed by atoms with Gasteiger partial charge >= 0.3 is 0 Å². The van der Waals surface area contributed by atoms with Crippen molar-refractivity contribution in [1.82, 2.24) is 0 Å². The molecule has 0 spiro atoms. The number of benzene rings is 1. The normalized spacial score (nSPS) is 14.9. The minimum atomic E-state index is -3.26. The van der Waals surface area contributed by atoms with Crippen LogP contribution < -0.4 is 4.74 Å². The van der Waals surface area contributed by atoms with Crippen LogP contribution in [0.1, 0.15) is 6.92 Å². The lowest BCUT2D eigenvalue weighted by Crippen LogP contribution is -1.96. The fourth-order valence-electron chi connectivity index (χ4n) is 0.875. The second-order valence-electron chi connectivity index (χ2n) is 2.38. The van der Waals surface area contributed by atoms with Crippen molar-refractivity contribution in [2.75, 3.05) is 6.61 Å². The van der Waals surface area contributed by atoms with Crippen LogP contribution >= 0.6 is 0 Å². The minimum absolute atomic E-state index is 0.242. The Kier molecular flexibility index (Phi) is 3.24.